The van der Waals surface area contributed by atoms with Crippen molar-refractivity contribution < 1.29 is 9.53 Å². The second-order valence-corrected chi connectivity index (χ2v) is 9.03. The van der Waals surface area contributed by atoms with Gasteiger partial charge in [-0.1, -0.05) is 12.1 Å². The summed E-state index contributed by atoms with van der Waals surface area (Å²) < 4.78 is 6.21. The van der Waals surface area contributed by atoms with Gasteiger partial charge in [-0.05, 0) is 62.8 Å². The lowest BCUT2D eigenvalue weighted by atomic mass is 10.1. The fraction of sp³-hybridized carbons (Fsp3) is 0.560. The fourth-order valence-corrected chi connectivity index (χ4v) is 4.69. The molecule has 1 saturated carbocycles. The summed E-state index contributed by atoms with van der Waals surface area (Å²) in [6.45, 7) is 3.92. The van der Waals surface area contributed by atoms with Crippen LogP contribution in [0.25, 0.3) is 0 Å². The minimum absolute atomic E-state index is 0.0263. The molecule has 1 atom stereocenters. The fourth-order valence-electron chi connectivity index (χ4n) is 4.69. The highest BCUT2D eigenvalue weighted by Crippen LogP contribution is 2.33. The molecule has 0 bridgehead atoms. The molecule has 172 valence electrons. The van der Waals surface area contributed by atoms with E-state index < -0.39 is 0 Å². The monoisotopic (exact) mass is 437 g/mol. The van der Waals surface area contributed by atoms with Gasteiger partial charge in [-0.3, -0.25) is 9.69 Å². The van der Waals surface area contributed by atoms with E-state index in [1.54, 1.807) is 18.9 Å². The third-order valence-corrected chi connectivity index (χ3v) is 6.54. The lowest BCUT2D eigenvalue weighted by Gasteiger charge is -2.25. The van der Waals surface area contributed by atoms with Gasteiger partial charge < -0.3 is 15.0 Å². The summed E-state index contributed by atoms with van der Waals surface area (Å²) in [5.74, 6) is 2.63. The molecule has 1 aromatic carbocycles. The number of carbonyl (C=O) groups is 1. The van der Waals surface area contributed by atoms with Crippen LogP contribution in [0.2, 0.25) is 0 Å². The van der Waals surface area contributed by atoms with Crippen molar-refractivity contribution in [3.63, 3.8) is 0 Å². The normalized spacial score (nSPS) is 19.3. The molecule has 1 aliphatic carbocycles. The average molecular weight is 438 g/mol. The van der Waals surface area contributed by atoms with Crippen molar-refractivity contribution in [3.05, 3.63) is 47.4 Å². The van der Waals surface area contributed by atoms with Crippen molar-refractivity contribution in [1.29, 1.82) is 0 Å². The van der Waals surface area contributed by atoms with Crippen molar-refractivity contribution in [1.82, 2.24) is 19.8 Å². The molecule has 1 N–H and O–H groups in total. The van der Waals surface area contributed by atoms with Gasteiger partial charge in [-0.15, -0.1) is 0 Å². The number of nitrogens with one attached hydrogen (secondary N) is 1. The Balaban J connectivity index is 1.49. The number of nitrogens with zero attached hydrogens (tertiary/aromatic N) is 4. The van der Waals surface area contributed by atoms with Gasteiger partial charge in [0.1, 0.15) is 17.4 Å². The predicted octanol–water partition coefficient (Wildman–Crippen LogP) is 4.16. The third-order valence-electron chi connectivity index (χ3n) is 6.54. The Hall–Kier alpha value is -2.67. The molecule has 4 rings (SSSR count). The van der Waals surface area contributed by atoms with Crippen molar-refractivity contribution in [2.75, 3.05) is 26.0 Å². The molecule has 7 heteroatoms. The summed E-state index contributed by atoms with van der Waals surface area (Å²) in [4.78, 5) is 25.4. The van der Waals surface area contributed by atoms with E-state index in [1.165, 1.54) is 31.2 Å². The highest BCUT2D eigenvalue weighted by molar-refractivity contribution is 5.72. The van der Waals surface area contributed by atoms with E-state index in [1.807, 2.05) is 13.1 Å². The van der Waals surface area contributed by atoms with Crippen LogP contribution < -0.4 is 10.1 Å². The van der Waals surface area contributed by atoms with Crippen LogP contribution in [-0.4, -0.2) is 52.4 Å². The molecule has 7 nitrogen and oxygen atoms in total. The van der Waals surface area contributed by atoms with Gasteiger partial charge in [0, 0.05) is 33.6 Å². The predicted molar refractivity (Wildman–Crippen MR) is 125 cm³/mol. The van der Waals surface area contributed by atoms with Crippen LogP contribution >= 0.6 is 0 Å². The molecule has 1 aromatic heterocycles. The molecule has 0 radical (unpaired) electrons. The molecule has 1 amide bonds. The van der Waals surface area contributed by atoms with Crippen molar-refractivity contribution >= 4 is 11.7 Å². The standard InChI is InChI=1S/C25H35N5O2/c1-18(31)29(3)17-20-15-24(26-2)28-25(27-20)23-12-7-13-30(23)16-19-8-6-11-22(14-19)32-21-9-4-5-10-21/h6,8,11,14-15,21,23H,4-5,7,9-10,12-13,16-17H2,1-3H3,(H,26,27,28)/t23-/m0/s1. The molecule has 32 heavy (non-hydrogen) atoms. The van der Waals surface area contributed by atoms with Crippen molar-refractivity contribution in [2.45, 2.75) is 70.7 Å². The molecule has 1 aliphatic heterocycles. The van der Waals surface area contributed by atoms with Crippen molar-refractivity contribution in [2.24, 2.45) is 0 Å². The Morgan fingerprint density at radius 1 is 1.19 bits per heavy atom. The Morgan fingerprint density at radius 2 is 2.00 bits per heavy atom. The molecule has 2 aromatic rings. The second-order valence-electron chi connectivity index (χ2n) is 9.03. The van der Waals surface area contributed by atoms with E-state index in [0.29, 0.717) is 12.6 Å². The summed E-state index contributed by atoms with van der Waals surface area (Å²) >= 11 is 0. The number of carbonyl (C=O) groups excluding carboxylic acids is 1. The number of likely N-dealkylation sites (tertiary alicyclic amines) is 1. The second kappa shape index (κ2) is 10.3. The van der Waals surface area contributed by atoms with E-state index in [-0.39, 0.29) is 11.9 Å². The maximum absolute atomic E-state index is 11.7. The van der Waals surface area contributed by atoms with Crippen LogP contribution in [0.15, 0.2) is 30.3 Å². The Bertz CT molecular complexity index is 928. The first-order valence-corrected chi connectivity index (χ1v) is 11.8. The van der Waals surface area contributed by atoms with Gasteiger partial charge in [0.25, 0.3) is 0 Å². The van der Waals surface area contributed by atoms with Crippen LogP contribution in [0.3, 0.4) is 0 Å². The number of hydrogen-bond acceptors (Lipinski definition) is 6. The maximum Gasteiger partial charge on any atom is 0.219 e. The SMILES string of the molecule is CNc1cc(CN(C)C(C)=O)nc([C@@H]2CCCN2Cc2cccc(OC3CCCC3)c2)n1. The first-order chi connectivity index (χ1) is 15.5. The van der Waals surface area contributed by atoms with E-state index in [9.17, 15) is 4.79 Å². The topological polar surface area (TPSA) is 70.6 Å². The number of rotatable bonds is 8. The van der Waals surface area contributed by atoms with Crippen molar-refractivity contribution in [3.8, 4) is 5.75 Å². The minimum atomic E-state index is 0.0263. The molecule has 2 fully saturated rings. The van der Waals surface area contributed by atoms with Gasteiger partial charge in [0.05, 0.1) is 24.4 Å². The van der Waals surface area contributed by atoms with Crippen LogP contribution in [0, 0.1) is 0 Å². The van der Waals surface area contributed by atoms with Crippen LogP contribution in [0.4, 0.5) is 5.82 Å². The molecule has 0 spiro atoms. The molecule has 0 unspecified atom stereocenters. The summed E-state index contributed by atoms with van der Waals surface area (Å²) in [6, 6.07) is 10.6. The van der Waals surface area contributed by atoms with Gasteiger partial charge >= 0.3 is 0 Å². The third kappa shape index (κ3) is 5.57. The van der Waals surface area contributed by atoms with Crippen LogP contribution in [0.5, 0.6) is 5.75 Å². The largest absolute Gasteiger partial charge is 0.490 e. The Kier molecular flexibility index (Phi) is 7.25. The highest BCUT2D eigenvalue weighted by Gasteiger charge is 2.29. The summed E-state index contributed by atoms with van der Waals surface area (Å²) in [5.41, 5.74) is 2.12. The maximum atomic E-state index is 11.7. The number of anilines is 1. The minimum Gasteiger partial charge on any atom is -0.490 e. The first-order valence-electron chi connectivity index (χ1n) is 11.8. The molecule has 2 heterocycles. The van der Waals surface area contributed by atoms with E-state index >= 15 is 0 Å². The van der Waals surface area contributed by atoms with Gasteiger partial charge in [-0.2, -0.15) is 0 Å². The number of ether oxygens (including phenoxy) is 1. The quantitative estimate of drug-likeness (QED) is 0.669. The van der Waals surface area contributed by atoms with Crippen LogP contribution in [0.1, 0.15) is 68.6 Å². The Morgan fingerprint density at radius 3 is 2.75 bits per heavy atom. The number of benzene rings is 1. The average Bonchev–Trinajstić information content (AvgIpc) is 3.46. The lowest BCUT2D eigenvalue weighted by Crippen LogP contribution is -2.27. The van der Waals surface area contributed by atoms with Gasteiger partial charge in [0.15, 0.2) is 0 Å². The lowest BCUT2D eigenvalue weighted by molar-refractivity contribution is -0.128. The molecule has 2 aliphatic rings. The number of aromatic nitrogens is 2. The first kappa shape index (κ1) is 22.5. The zero-order valence-corrected chi connectivity index (χ0v) is 19.5. The van der Waals surface area contributed by atoms with Gasteiger partial charge in [0.2, 0.25) is 5.91 Å². The smallest absolute Gasteiger partial charge is 0.219 e. The van der Waals surface area contributed by atoms with E-state index in [0.717, 1.165) is 49.0 Å². The zero-order chi connectivity index (χ0) is 22.5. The molecule has 1 saturated heterocycles. The van der Waals surface area contributed by atoms with E-state index in [2.05, 4.69) is 34.5 Å². The van der Waals surface area contributed by atoms with E-state index in [4.69, 9.17) is 14.7 Å². The summed E-state index contributed by atoms with van der Waals surface area (Å²) in [6.07, 6.45) is 7.41. The number of amides is 1. The number of hydrogen-bond donors (Lipinski definition) is 1. The molecular weight excluding hydrogens is 402 g/mol. The summed E-state index contributed by atoms with van der Waals surface area (Å²) in [7, 11) is 3.67. The zero-order valence-electron chi connectivity index (χ0n) is 19.5. The van der Waals surface area contributed by atoms with Crippen LogP contribution in [-0.2, 0) is 17.9 Å². The Labute approximate surface area is 191 Å². The van der Waals surface area contributed by atoms with Gasteiger partial charge in [-0.25, -0.2) is 9.97 Å². The summed E-state index contributed by atoms with van der Waals surface area (Å²) in [5, 5.41) is 3.15. The molecular formula is C25H35N5O2. The highest BCUT2D eigenvalue weighted by atomic mass is 16.5.